The number of fused-ring (bicyclic) bond motifs is 1. The van der Waals surface area contributed by atoms with Crippen molar-refractivity contribution in [3.8, 4) is 11.5 Å². The fourth-order valence-corrected chi connectivity index (χ4v) is 3.44. The van der Waals surface area contributed by atoms with Gasteiger partial charge in [-0.25, -0.2) is 4.99 Å². The first-order chi connectivity index (χ1) is 15.0. The molecule has 0 bridgehead atoms. The Labute approximate surface area is 184 Å². The Morgan fingerprint density at radius 2 is 2.06 bits per heavy atom. The maximum absolute atomic E-state index is 12.1. The highest BCUT2D eigenvalue weighted by Gasteiger charge is 2.22. The minimum atomic E-state index is -0.0447. The number of aryl methyl sites for hydroxylation is 1. The minimum Gasteiger partial charge on any atom is -0.496 e. The summed E-state index contributed by atoms with van der Waals surface area (Å²) in [7, 11) is 5.16. The molecule has 1 atom stereocenters. The van der Waals surface area contributed by atoms with Crippen molar-refractivity contribution in [2.24, 2.45) is 4.99 Å². The lowest BCUT2D eigenvalue weighted by atomic mass is 10.0. The van der Waals surface area contributed by atoms with Gasteiger partial charge in [-0.3, -0.25) is 4.79 Å². The van der Waals surface area contributed by atoms with Gasteiger partial charge in [-0.1, -0.05) is 30.3 Å². The first-order valence-electron chi connectivity index (χ1n) is 10.6. The van der Waals surface area contributed by atoms with Gasteiger partial charge in [0.2, 0.25) is 5.91 Å². The quantitative estimate of drug-likeness (QED) is 0.528. The van der Waals surface area contributed by atoms with Crippen molar-refractivity contribution < 1.29 is 14.3 Å². The zero-order valence-electron chi connectivity index (χ0n) is 18.8. The zero-order valence-corrected chi connectivity index (χ0v) is 18.8. The van der Waals surface area contributed by atoms with Crippen LogP contribution >= 0.6 is 0 Å². The van der Waals surface area contributed by atoms with Crippen molar-refractivity contribution in [1.29, 1.82) is 0 Å². The molecule has 166 valence electrons. The summed E-state index contributed by atoms with van der Waals surface area (Å²) < 4.78 is 11.2. The number of rotatable bonds is 7. The second-order valence-corrected chi connectivity index (χ2v) is 7.81. The molecule has 2 aromatic carbocycles. The third-order valence-corrected chi connectivity index (χ3v) is 5.32. The third-order valence-electron chi connectivity index (χ3n) is 5.32. The van der Waals surface area contributed by atoms with Gasteiger partial charge >= 0.3 is 0 Å². The van der Waals surface area contributed by atoms with Gasteiger partial charge < -0.3 is 25.0 Å². The van der Waals surface area contributed by atoms with E-state index in [1.54, 1.807) is 26.1 Å². The molecule has 0 aliphatic carbocycles. The molecular weight excluding hydrogens is 392 g/mol. The van der Waals surface area contributed by atoms with E-state index in [1.807, 2.05) is 25.1 Å². The Hall–Kier alpha value is -3.22. The molecule has 0 spiro atoms. The second-order valence-electron chi connectivity index (χ2n) is 7.81. The summed E-state index contributed by atoms with van der Waals surface area (Å²) in [6.07, 6.45) is 1.64. The van der Waals surface area contributed by atoms with Crippen LogP contribution in [0.25, 0.3) is 0 Å². The Morgan fingerprint density at radius 3 is 2.84 bits per heavy atom. The Kier molecular flexibility index (Phi) is 7.76. The average Bonchev–Trinajstić information content (AvgIpc) is 2.78. The lowest BCUT2D eigenvalue weighted by molar-refractivity contribution is -0.127. The molecule has 31 heavy (non-hydrogen) atoms. The predicted octanol–water partition coefficient (Wildman–Crippen LogP) is 2.69. The normalized spacial score (nSPS) is 15.5. The number of likely N-dealkylation sites (N-methyl/N-ethyl adjacent to an activating group) is 1. The number of methoxy groups -OCH3 is 1. The lowest BCUT2D eigenvalue weighted by Crippen LogP contribution is -2.42. The van der Waals surface area contributed by atoms with Gasteiger partial charge in [-0.15, -0.1) is 0 Å². The van der Waals surface area contributed by atoms with Gasteiger partial charge in [0.15, 0.2) is 5.96 Å². The number of aliphatic imine (C=N–C) groups is 1. The van der Waals surface area contributed by atoms with Crippen molar-refractivity contribution in [2.45, 2.75) is 25.8 Å². The molecule has 7 nitrogen and oxygen atoms in total. The summed E-state index contributed by atoms with van der Waals surface area (Å²) >= 11 is 0. The standard InChI is InChI=1S/C24H32N4O3/c1-17-9-10-18(15-22(17)30-4)11-13-25-24(26-16-23(29)28(2)3)27-20-12-14-31-21-8-6-5-7-19(20)21/h5-10,15,20H,11-14,16H2,1-4H3,(H2,25,26,27). The largest absolute Gasteiger partial charge is 0.496 e. The third kappa shape index (κ3) is 6.13. The summed E-state index contributed by atoms with van der Waals surface area (Å²) in [4.78, 5) is 18.1. The molecule has 0 saturated carbocycles. The van der Waals surface area contributed by atoms with Crippen molar-refractivity contribution in [2.75, 3.05) is 40.9 Å². The Balaban J connectivity index is 1.68. The number of ether oxygens (including phenoxy) is 2. The van der Waals surface area contributed by atoms with Crippen LogP contribution in [0, 0.1) is 6.92 Å². The van der Waals surface area contributed by atoms with E-state index in [4.69, 9.17) is 9.47 Å². The van der Waals surface area contributed by atoms with Crippen molar-refractivity contribution in [3.05, 3.63) is 59.2 Å². The summed E-state index contributed by atoms with van der Waals surface area (Å²) in [6.45, 7) is 3.44. The molecule has 0 saturated heterocycles. The number of para-hydroxylation sites is 1. The molecule has 1 aliphatic rings. The van der Waals surface area contributed by atoms with E-state index >= 15 is 0 Å². The number of nitrogens with one attached hydrogen (secondary N) is 2. The van der Waals surface area contributed by atoms with E-state index in [1.165, 1.54) is 5.56 Å². The number of nitrogens with zero attached hydrogens (tertiary/aromatic N) is 2. The van der Waals surface area contributed by atoms with Gasteiger partial charge in [0.25, 0.3) is 0 Å². The number of amides is 1. The van der Waals surface area contributed by atoms with Gasteiger partial charge in [0.1, 0.15) is 18.0 Å². The van der Waals surface area contributed by atoms with E-state index in [0.717, 1.165) is 35.5 Å². The minimum absolute atomic E-state index is 0.0447. The number of carbonyl (C=O) groups excluding carboxylic acids is 1. The van der Waals surface area contributed by atoms with Crippen LogP contribution in [0.4, 0.5) is 0 Å². The number of hydrogen-bond acceptors (Lipinski definition) is 4. The first kappa shape index (κ1) is 22.5. The topological polar surface area (TPSA) is 75.2 Å². The Morgan fingerprint density at radius 1 is 1.26 bits per heavy atom. The second kappa shape index (κ2) is 10.7. The van der Waals surface area contributed by atoms with Crippen LogP contribution in [0.1, 0.15) is 29.2 Å². The lowest BCUT2D eigenvalue weighted by Gasteiger charge is -2.28. The van der Waals surface area contributed by atoms with Gasteiger partial charge in [0, 0.05) is 32.6 Å². The van der Waals surface area contributed by atoms with Gasteiger partial charge in [0.05, 0.1) is 19.8 Å². The van der Waals surface area contributed by atoms with Gasteiger partial charge in [-0.05, 0) is 36.6 Å². The predicted molar refractivity (Wildman–Crippen MR) is 123 cm³/mol. The molecule has 1 heterocycles. The number of guanidine groups is 1. The molecular formula is C24H32N4O3. The molecule has 0 fully saturated rings. The molecule has 0 radical (unpaired) electrons. The van der Waals surface area contributed by atoms with Crippen LogP contribution < -0.4 is 20.1 Å². The monoisotopic (exact) mass is 424 g/mol. The van der Waals surface area contributed by atoms with Crippen molar-refractivity contribution in [1.82, 2.24) is 15.5 Å². The van der Waals surface area contributed by atoms with Crippen LogP contribution in [0.3, 0.4) is 0 Å². The summed E-state index contributed by atoms with van der Waals surface area (Å²) in [5.41, 5.74) is 3.39. The van der Waals surface area contributed by atoms with Crippen LogP contribution in [-0.2, 0) is 11.2 Å². The number of carbonyl (C=O) groups is 1. The SMILES string of the molecule is COc1cc(CCNC(=NCC(=O)N(C)C)NC2CCOc3ccccc32)ccc1C. The Bertz CT molecular complexity index is 927. The average molecular weight is 425 g/mol. The molecule has 1 unspecified atom stereocenters. The highest BCUT2D eigenvalue weighted by molar-refractivity contribution is 5.85. The molecule has 2 N–H and O–H groups in total. The van der Waals surface area contributed by atoms with E-state index in [0.29, 0.717) is 19.1 Å². The van der Waals surface area contributed by atoms with Gasteiger partial charge in [-0.2, -0.15) is 0 Å². The molecule has 7 heteroatoms. The fourth-order valence-electron chi connectivity index (χ4n) is 3.44. The van der Waals surface area contributed by atoms with E-state index < -0.39 is 0 Å². The van der Waals surface area contributed by atoms with Crippen LogP contribution in [0.2, 0.25) is 0 Å². The summed E-state index contributed by atoms with van der Waals surface area (Å²) in [5.74, 6) is 2.36. The molecule has 1 amide bonds. The molecule has 0 aromatic heterocycles. The van der Waals surface area contributed by atoms with Crippen LogP contribution in [0.15, 0.2) is 47.5 Å². The van der Waals surface area contributed by atoms with Crippen LogP contribution in [0.5, 0.6) is 11.5 Å². The van der Waals surface area contributed by atoms with E-state index in [9.17, 15) is 4.79 Å². The zero-order chi connectivity index (χ0) is 22.2. The van der Waals surface area contributed by atoms with Crippen molar-refractivity contribution >= 4 is 11.9 Å². The highest BCUT2D eigenvalue weighted by Crippen LogP contribution is 2.31. The fraction of sp³-hybridized carbons (Fsp3) is 0.417. The molecule has 2 aromatic rings. The summed E-state index contributed by atoms with van der Waals surface area (Å²) in [6, 6.07) is 14.3. The van der Waals surface area contributed by atoms with Crippen molar-refractivity contribution in [3.63, 3.8) is 0 Å². The molecule has 3 rings (SSSR count). The van der Waals surface area contributed by atoms with E-state index in [-0.39, 0.29) is 18.5 Å². The maximum atomic E-state index is 12.1. The van der Waals surface area contributed by atoms with E-state index in [2.05, 4.69) is 39.9 Å². The van der Waals surface area contributed by atoms with Crippen LogP contribution in [-0.4, -0.2) is 57.7 Å². The number of benzene rings is 2. The molecule has 1 aliphatic heterocycles. The first-order valence-corrected chi connectivity index (χ1v) is 10.6. The number of hydrogen-bond donors (Lipinski definition) is 2. The smallest absolute Gasteiger partial charge is 0.243 e. The summed E-state index contributed by atoms with van der Waals surface area (Å²) in [5, 5.41) is 6.87. The highest BCUT2D eigenvalue weighted by atomic mass is 16.5. The maximum Gasteiger partial charge on any atom is 0.243 e.